The van der Waals surface area contributed by atoms with Crippen LogP contribution in [0.4, 0.5) is 0 Å². The van der Waals surface area contributed by atoms with Crippen molar-refractivity contribution in [3.05, 3.63) is 58.4 Å². The van der Waals surface area contributed by atoms with Gasteiger partial charge in [-0.1, -0.05) is 12.1 Å². The molecule has 110 valence electrons. The molecule has 0 radical (unpaired) electrons. The zero-order valence-electron chi connectivity index (χ0n) is 12.1. The molecule has 0 saturated heterocycles. The van der Waals surface area contributed by atoms with Crippen molar-refractivity contribution in [1.29, 1.82) is 5.26 Å². The minimum atomic E-state index is -1.03. The first-order chi connectivity index (χ1) is 10.4. The van der Waals surface area contributed by atoms with Crippen LogP contribution < -0.4 is 0 Å². The summed E-state index contributed by atoms with van der Waals surface area (Å²) in [4.78, 5) is 23.1. The van der Waals surface area contributed by atoms with Crippen molar-refractivity contribution in [3.8, 4) is 6.07 Å². The van der Waals surface area contributed by atoms with Gasteiger partial charge in [-0.05, 0) is 43.7 Å². The van der Waals surface area contributed by atoms with Crippen molar-refractivity contribution in [1.82, 2.24) is 9.78 Å². The summed E-state index contributed by atoms with van der Waals surface area (Å²) in [5.41, 5.74) is 1.96. The molecular formula is C16H13N3O3. The molecule has 1 heterocycles. The number of rotatable bonds is 3. The van der Waals surface area contributed by atoms with Crippen LogP contribution in [0.5, 0.6) is 0 Å². The second kappa shape index (κ2) is 6.06. The van der Waals surface area contributed by atoms with Gasteiger partial charge in [0.1, 0.15) is 11.6 Å². The first-order valence-corrected chi connectivity index (χ1v) is 6.45. The van der Waals surface area contributed by atoms with Gasteiger partial charge >= 0.3 is 5.97 Å². The zero-order valence-corrected chi connectivity index (χ0v) is 12.1. The highest BCUT2D eigenvalue weighted by Crippen LogP contribution is 2.12. The molecular weight excluding hydrogens is 282 g/mol. The van der Waals surface area contributed by atoms with E-state index < -0.39 is 11.9 Å². The molecule has 0 amide bonds. The van der Waals surface area contributed by atoms with Crippen molar-refractivity contribution in [2.45, 2.75) is 13.8 Å². The normalized spacial score (nSPS) is 11.0. The number of carbonyl (C=O) groups excluding carboxylic acids is 1. The Balaban J connectivity index is 2.35. The van der Waals surface area contributed by atoms with Gasteiger partial charge in [-0.25, -0.2) is 9.48 Å². The summed E-state index contributed by atoms with van der Waals surface area (Å²) in [6.45, 7) is 3.49. The Morgan fingerprint density at radius 1 is 1.27 bits per heavy atom. The summed E-state index contributed by atoms with van der Waals surface area (Å²) in [5.74, 6) is -1.55. The van der Waals surface area contributed by atoms with Gasteiger partial charge in [0.2, 0.25) is 0 Å². The largest absolute Gasteiger partial charge is 0.478 e. The smallest absolute Gasteiger partial charge is 0.335 e. The summed E-state index contributed by atoms with van der Waals surface area (Å²) in [5, 5.41) is 22.1. The first kappa shape index (κ1) is 15.2. The van der Waals surface area contributed by atoms with E-state index in [4.69, 9.17) is 5.11 Å². The van der Waals surface area contributed by atoms with Crippen LogP contribution >= 0.6 is 0 Å². The summed E-state index contributed by atoms with van der Waals surface area (Å²) < 4.78 is 1.18. The number of benzene rings is 1. The number of allylic oxidation sites excluding steroid dienone is 1. The van der Waals surface area contributed by atoms with Gasteiger partial charge in [-0.2, -0.15) is 10.4 Å². The standard InChI is InChI=1S/C16H13N3O3/c1-10-7-11(2)19(18-10)15(20)14(9-17)8-12-3-5-13(6-4-12)16(21)22/h3-8H,1-2H3,(H,21,22)/b14-8+. The molecule has 0 unspecified atom stereocenters. The van der Waals surface area contributed by atoms with Crippen molar-refractivity contribution in [2.24, 2.45) is 0 Å². The summed E-state index contributed by atoms with van der Waals surface area (Å²) in [7, 11) is 0. The lowest BCUT2D eigenvalue weighted by Crippen LogP contribution is -2.15. The van der Waals surface area contributed by atoms with E-state index in [1.54, 1.807) is 19.9 Å². The minimum absolute atomic E-state index is 0.0747. The predicted molar refractivity (Wildman–Crippen MR) is 79.3 cm³/mol. The lowest BCUT2D eigenvalue weighted by Gasteiger charge is -2.02. The maximum absolute atomic E-state index is 12.3. The number of hydrogen-bond donors (Lipinski definition) is 1. The number of nitrogens with zero attached hydrogens (tertiary/aromatic N) is 3. The van der Waals surface area contributed by atoms with Crippen LogP contribution in [-0.4, -0.2) is 26.8 Å². The molecule has 0 aliphatic carbocycles. The summed E-state index contributed by atoms with van der Waals surface area (Å²) in [6, 6.07) is 9.50. The van der Waals surface area contributed by atoms with Crippen molar-refractivity contribution >= 4 is 18.0 Å². The number of nitriles is 1. The Hall–Kier alpha value is -3.20. The van der Waals surface area contributed by atoms with E-state index in [1.165, 1.54) is 35.0 Å². The molecule has 2 rings (SSSR count). The van der Waals surface area contributed by atoms with Gasteiger partial charge in [0.05, 0.1) is 11.3 Å². The third-order valence-electron chi connectivity index (χ3n) is 3.02. The molecule has 6 heteroatoms. The minimum Gasteiger partial charge on any atom is -0.478 e. The lowest BCUT2D eigenvalue weighted by molar-refractivity contribution is 0.0696. The molecule has 6 nitrogen and oxygen atoms in total. The summed E-state index contributed by atoms with van der Waals surface area (Å²) in [6.07, 6.45) is 1.41. The summed E-state index contributed by atoms with van der Waals surface area (Å²) >= 11 is 0. The van der Waals surface area contributed by atoms with E-state index >= 15 is 0 Å². The monoisotopic (exact) mass is 295 g/mol. The third-order valence-corrected chi connectivity index (χ3v) is 3.02. The Morgan fingerprint density at radius 2 is 1.91 bits per heavy atom. The van der Waals surface area contributed by atoms with Gasteiger partial charge in [0.25, 0.3) is 5.91 Å². The van der Waals surface area contributed by atoms with Crippen LogP contribution in [0.15, 0.2) is 35.9 Å². The Kier molecular flexibility index (Phi) is 4.18. The van der Waals surface area contributed by atoms with Crippen LogP contribution in [0.2, 0.25) is 0 Å². The van der Waals surface area contributed by atoms with E-state index in [0.717, 1.165) is 0 Å². The number of carboxylic acid groups (broad SMARTS) is 1. The molecule has 0 saturated carbocycles. The SMILES string of the molecule is Cc1cc(C)n(C(=O)/C(C#N)=C/c2ccc(C(=O)O)cc2)n1. The Labute approximate surface area is 126 Å². The Bertz CT molecular complexity index is 808. The van der Waals surface area contributed by atoms with E-state index in [-0.39, 0.29) is 11.1 Å². The molecule has 1 N–H and O–H groups in total. The number of carboxylic acids is 1. The van der Waals surface area contributed by atoms with Gasteiger partial charge in [-0.15, -0.1) is 0 Å². The number of hydrogen-bond acceptors (Lipinski definition) is 4. The third kappa shape index (κ3) is 3.10. The van der Waals surface area contributed by atoms with Crippen LogP contribution in [0.25, 0.3) is 6.08 Å². The van der Waals surface area contributed by atoms with E-state index in [1.807, 2.05) is 6.07 Å². The fourth-order valence-electron chi connectivity index (χ4n) is 1.98. The molecule has 1 aromatic heterocycles. The van der Waals surface area contributed by atoms with Gasteiger partial charge in [0, 0.05) is 5.69 Å². The van der Waals surface area contributed by atoms with Crippen LogP contribution in [0.3, 0.4) is 0 Å². The van der Waals surface area contributed by atoms with Gasteiger partial charge < -0.3 is 5.11 Å². The maximum Gasteiger partial charge on any atom is 0.335 e. The molecule has 1 aromatic carbocycles. The molecule has 22 heavy (non-hydrogen) atoms. The quantitative estimate of drug-likeness (QED) is 0.693. The number of aromatic carboxylic acids is 1. The average molecular weight is 295 g/mol. The fraction of sp³-hybridized carbons (Fsp3) is 0.125. The average Bonchev–Trinajstić information content (AvgIpc) is 2.83. The lowest BCUT2D eigenvalue weighted by atomic mass is 10.1. The first-order valence-electron chi connectivity index (χ1n) is 6.45. The molecule has 0 fully saturated rings. The topological polar surface area (TPSA) is 96.0 Å². The van der Waals surface area contributed by atoms with Crippen molar-refractivity contribution < 1.29 is 14.7 Å². The molecule has 0 aliphatic heterocycles. The van der Waals surface area contributed by atoms with Crippen LogP contribution in [0.1, 0.15) is 32.1 Å². The Morgan fingerprint density at radius 3 is 2.36 bits per heavy atom. The van der Waals surface area contributed by atoms with Gasteiger partial charge in [-0.3, -0.25) is 4.79 Å². The van der Waals surface area contributed by atoms with E-state index in [0.29, 0.717) is 17.0 Å². The second-order valence-corrected chi connectivity index (χ2v) is 4.74. The fourth-order valence-corrected chi connectivity index (χ4v) is 1.98. The highest BCUT2D eigenvalue weighted by atomic mass is 16.4. The van der Waals surface area contributed by atoms with E-state index in [2.05, 4.69) is 5.10 Å². The number of aryl methyl sites for hydroxylation is 2. The highest BCUT2D eigenvalue weighted by Gasteiger charge is 2.15. The second-order valence-electron chi connectivity index (χ2n) is 4.74. The molecule has 0 atom stereocenters. The predicted octanol–water partition coefficient (Wildman–Crippen LogP) is 2.45. The van der Waals surface area contributed by atoms with Crippen LogP contribution in [-0.2, 0) is 0 Å². The highest BCUT2D eigenvalue weighted by molar-refractivity contribution is 6.03. The van der Waals surface area contributed by atoms with Gasteiger partial charge in [0.15, 0.2) is 0 Å². The van der Waals surface area contributed by atoms with Crippen LogP contribution in [0, 0.1) is 25.2 Å². The molecule has 0 aliphatic rings. The molecule has 2 aromatic rings. The number of aromatic nitrogens is 2. The van der Waals surface area contributed by atoms with Crippen molar-refractivity contribution in [3.63, 3.8) is 0 Å². The molecule has 0 bridgehead atoms. The maximum atomic E-state index is 12.3. The zero-order chi connectivity index (χ0) is 16.3. The van der Waals surface area contributed by atoms with E-state index in [9.17, 15) is 14.9 Å². The van der Waals surface area contributed by atoms with Crippen molar-refractivity contribution in [2.75, 3.05) is 0 Å². The number of carbonyl (C=O) groups is 2. The molecule has 0 spiro atoms.